The van der Waals surface area contributed by atoms with Gasteiger partial charge in [0.25, 0.3) is 10.1 Å². The van der Waals surface area contributed by atoms with Crippen molar-refractivity contribution in [1.82, 2.24) is 19.5 Å². The highest BCUT2D eigenvalue weighted by Crippen LogP contribution is 2.33. The summed E-state index contributed by atoms with van der Waals surface area (Å²) >= 11 is 0. The van der Waals surface area contributed by atoms with Crippen molar-refractivity contribution in [2.75, 3.05) is 18.1 Å². The molecule has 2 aromatic rings. The van der Waals surface area contributed by atoms with E-state index in [1.54, 1.807) is 6.33 Å². The molecule has 1 aliphatic carbocycles. The fraction of sp³-hybridized carbons (Fsp3) is 0.667. The highest BCUT2D eigenvalue weighted by Gasteiger charge is 2.26. The van der Waals surface area contributed by atoms with Crippen LogP contribution in [0.4, 0.5) is 5.82 Å². The van der Waals surface area contributed by atoms with Crippen LogP contribution in [0.25, 0.3) is 11.2 Å². The summed E-state index contributed by atoms with van der Waals surface area (Å²) < 4.78 is 37.6. The van der Waals surface area contributed by atoms with Crippen LogP contribution in [0.2, 0.25) is 0 Å². The van der Waals surface area contributed by atoms with Crippen LogP contribution in [0.5, 0.6) is 0 Å². The molecule has 1 aliphatic rings. The highest BCUT2D eigenvalue weighted by atomic mass is 32.2. The number of hydrogen-bond donors (Lipinski definition) is 2. The van der Waals surface area contributed by atoms with E-state index in [4.69, 9.17) is 15.0 Å². The van der Waals surface area contributed by atoms with E-state index in [9.17, 15) is 8.42 Å². The summed E-state index contributed by atoms with van der Waals surface area (Å²) in [6.07, 6.45) is 5.60. The molecule has 3 N–H and O–H groups in total. The summed E-state index contributed by atoms with van der Waals surface area (Å²) in [7, 11) is -2.03. The number of ether oxygens (including phenoxy) is 1. The van der Waals surface area contributed by atoms with E-state index < -0.39 is 10.1 Å². The summed E-state index contributed by atoms with van der Waals surface area (Å²) in [6, 6.07) is 0. The van der Waals surface area contributed by atoms with Gasteiger partial charge in [0.2, 0.25) is 0 Å². The number of nitrogen functional groups attached to an aromatic ring is 1. The average molecular weight is 369 g/mol. The number of aromatic nitrogens is 4. The smallest absolute Gasteiger partial charge is 0.264 e. The van der Waals surface area contributed by atoms with Gasteiger partial charge in [0, 0.05) is 19.6 Å². The van der Waals surface area contributed by atoms with E-state index in [2.05, 4.69) is 15.0 Å². The minimum atomic E-state index is -3.91. The molecule has 0 saturated heterocycles. The fourth-order valence-electron chi connectivity index (χ4n) is 3.21. The number of nitrogens with zero attached hydrogens (tertiary/aromatic N) is 4. The van der Waals surface area contributed by atoms with Gasteiger partial charge in [0.1, 0.15) is 11.3 Å². The zero-order valence-electron chi connectivity index (χ0n) is 14.1. The molecule has 0 aliphatic heterocycles. The van der Waals surface area contributed by atoms with Gasteiger partial charge in [0.05, 0.1) is 18.2 Å². The van der Waals surface area contributed by atoms with Crippen molar-refractivity contribution in [3.8, 4) is 0 Å². The number of imidazole rings is 1. The van der Waals surface area contributed by atoms with Gasteiger partial charge in [-0.1, -0.05) is 0 Å². The van der Waals surface area contributed by atoms with Crippen LogP contribution >= 0.6 is 0 Å². The van der Waals surface area contributed by atoms with Crippen LogP contribution in [0.1, 0.15) is 43.8 Å². The third kappa shape index (κ3) is 4.44. The molecule has 25 heavy (non-hydrogen) atoms. The molecular weight excluding hydrogens is 346 g/mol. The van der Waals surface area contributed by atoms with Crippen molar-refractivity contribution in [2.24, 2.45) is 7.05 Å². The van der Waals surface area contributed by atoms with E-state index >= 15 is 0 Å². The van der Waals surface area contributed by atoms with Crippen molar-refractivity contribution >= 4 is 27.1 Å². The van der Waals surface area contributed by atoms with Gasteiger partial charge in [-0.15, -0.1) is 0 Å². The molecule has 1 saturated carbocycles. The lowest BCUT2D eigenvalue weighted by molar-refractivity contribution is 0.0247. The predicted octanol–water partition coefficient (Wildman–Crippen LogP) is 1.27. The van der Waals surface area contributed by atoms with E-state index in [1.165, 1.54) is 0 Å². The summed E-state index contributed by atoms with van der Waals surface area (Å²) in [5.74, 6) is 1.13. The fourth-order valence-corrected chi connectivity index (χ4v) is 3.69. The number of aryl methyl sites for hydroxylation is 1. The van der Waals surface area contributed by atoms with Crippen LogP contribution in [-0.2, 0) is 21.9 Å². The lowest BCUT2D eigenvalue weighted by Crippen LogP contribution is -2.23. The zero-order valence-corrected chi connectivity index (χ0v) is 14.9. The molecule has 3 rings (SSSR count). The number of hydrogen-bond acceptors (Lipinski definition) is 7. The van der Waals surface area contributed by atoms with E-state index in [0.29, 0.717) is 24.4 Å². The summed E-state index contributed by atoms with van der Waals surface area (Å²) in [5.41, 5.74) is 7.37. The largest absolute Gasteiger partial charge is 0.382 e. The van der Waals surface area contributed by atoms with Crippen LogP contribution in [0.15, 0.2) is 6.33 Å². The maximum absolute atomic E-state index is 10.7. The van der Waals surface area contributed by atoms with Crippen LogP contribution in [0, 0.1) is 0 Å². The topological polar surface area (TPSA) is 133 Å². The minimum Gasteiger partial charge on any atom is -0.382 e. The number of rotatable bonds is 6. The van der Waals surface area contributed by atoms with Gasteiger partial charge in [-0.2, -0.15) is 8.42 Å². The van der Waals surface area contributed by atoms with Gasteiger partial charge < -0.3 is 15.0 Å². The summed E-state index contributed by atoms with van der Waals surface area (Å²) in [5, 5.41) is 0. The van der Waals surface area contributed by atoms with Gasteiger partial charge in [-0.25, -0.2) is 15.0 Å². The first-order valence-corrected chi connectivity index (χ1v) is 9.95. The molecule has 0 amide bonds. The van der Waals surface area contributed by atoms with E-state index in [1.807, 2.05) is 11.6 Å². The van der Waals surface area contributed by atoms with Crippen LogP contribution in [0.3, 0.4) is 0 Å². The maximum atomic E-state index is 10.7. The lowest BCUT2D eigenvalue weighted by Gasteiger charge is -2.27. The SMILES string of the molecule is Cn1cnc2c(N)nc(C3CCC(OCCCS(=O)(=O)O)CC3)nc21. The summed E-state index contributed by atoms with van der Waals surface area (Å²) in [4.78, 5) is 13.2. The Labute approximate surface area is 146 Å². The van der Waals surface area contributed by atoms with Crippen molar-refractivity contribution in [2.45, 2.75) is 44.1 Å². The molecule has 0 bridgehead atoms. The molecule has 2 heterocycles. The Morgan fingerprint density at radius 3 is 2.72 bits per heavy atom. The Hall–Kier alpha value is -1.78. The van der Waals surface area contributed by atoms with E-state index in [0.717, 1.165) is 37.2 Å². The number of fused-ring (bicyclic) bond motifs is 1. The predicted molar refractivity (Wildman–Crippen MR) is 92.7 cm³/mol. The monoisotopic (exact) mass is 369 g/mol. The third-order valence-corrected chi connectivity index (χ3v) is 5.35. The Bertz CT molecular complexity index is 843. The van der Waals surface area contributed by atoms with Gasteiger partial charge in [-0.3, -0.25) is 4.55 Å². The molecular formula is C15H23N5O4S. The Balaban J connectivity index is 1.55. The Morgan fingerprint density at radius 1 is 1.32 bits per heavy atom. The summed E-state index contributed by atoms with van der Waals surface area (Å²) in [6.45, 7) is 0.333. The normalized spacial score (nSPS) is 21.7. The second kappa shape index (κ2) is 7.22. The molecule has 9 nitrogen and oxygen atoms in total. The molecule has 0 spiro atoms. The lowest BCUT2D eigenvalue weighted by atomic mass is 9.86. The molecule has 2 aromatic heterocycles. The van der Waals surface area contributed by atoms with Crippen molar-refractivity contribution in [3.05, 3.63) is 12.2 Å². The van der Waals surface area contributed by atoms with Gasteiger partial charge >= 0.3 is 0 Å². The Kier molecular flexibility index (Phi) is 5.21. The van der Waals surface area contributed by atoms with E-state index in [-0.39, 0.29) is 17.8 Å². The quantitative estimate of drug-likeness (QED) is 0.574. The first-order chi connectivity index (χ1) is 11.8. The highest BCUT2D eigenvalue weighted by molar-refractivity contribution is 7.85. The van der Waals surface area contributed by atoms with Gasteiger partial charge in [0.15, 0.2) is 11.5 Å². The second-order valence-corrected chi connectivity index (χ2v) is 8.05. The van der Waals surface area contributed by atoms with Crippen LogP contribution in [-0.4, -0.2) is 51.0 Å². The minimum absolute atomic E-state index is 0.107. The molecule has 10 heteroatoms. The molecule has 0 atom stereocenters. The van der Waals surface area contributed by atoms with Crippen molar-refractivity contribution < 1.29 is 17.7 Å². The Morgan fingerprint density at radius 2 is 2.04 bits per heavy atom. The first-order valence-electron chi connectivity index (χ1n) is 8.34. The zero-order chi connectivity index (χ0) is 18.0. The first kappa shape index (κ1) is 18.0. The molecule has 0 aromatic carbocycles. The second-order valence-electron chi connectivity index (χ2n) is 6.48. The van der Waals surface area contributed by atoms with Gasteiger partial charge in [-0.05, 0) is 32.1 Å². The molecule has 138 valence electrons. The molecule has 0 unspecified atom stereocenters. The third-order valence-electron chi connectivity index (χ3n) is 4.54. The number of nitrogens with two attached hydrogens (primary N) is 1. The molecule has 0 radical (unpaired) electrons. The number of anilines is 1. The average Bonchev–Trinajstić information content (AvgIpc) is 2.93. The van der Waals surface area contributed by atoms with Crippen LogP contribution < -0.4 is 5.73 Å². The van der Waals surface area contributed by atoms with Crippen molar-refractivity contribution in [3.63, 3.8) is 0 Å². The maximum Gasteiger partial charge on any atom is 0.264 e. The van der Waals surface area contributed by atoms with Crippen molar-refractivity contribution in [1.29, 1.82) is 0 Å². The standard InChI is InChI=1S/C15H23N5O4S/c1-20-9-17-12-13(16)18-14(19-15(12)20)10-3-5-11(6-4-10)24-7-2-8-25(21,22)23/h9-11H,2-8H2,1H3,(H2,16,18,19)(H,21,22,23). The molecule has 1 fully saturated rings.